The minimum Gasteiger partial charge on any atom is -0.382 e. The number of hydroxylamine groups is 1. The fraction of sp³-hybridized carbons (Fsp3) is 0.353. The molecule has 0 fully saturated rings. The highest BCUT2D eigenvalue weighted by Crippen LogP contribution is 2.40. The molecule has 1 aromatic carbocycles. The summed E-state index contributed by atoms with van der Waals surface area (Å²) in [5.41, 5.74) is 5.06. The predicted octanol–water partition coefficient (Wildman–Crippen LogP) is 4.81. The summed E-state index contributed by atoms with van der Waals surface area (Å²) in [4.78, 5) is 7.36. The molecular formula is C17H22N2OS2. The van der Waals surface area contributed by atoms with E-state index in [1.807, 2.05) is 37.1 Å². The molecular weight excluding hydrogens is 312 g/mol. The number of hydrogen-bond donors (Lipinski definition) is 1. The van der Waals surface area contributed by atoms with Gasteiger partial charge in [0.25, 0.3) is 0 Å². The lowest BCUT2D eigenvalue weighted by atomic mass is 10.1. The van der Waals surface area contributed by atoms with E-state index in [2.05, 4.69) is 49.0 Å². The smallest absolute Gasteiger partial charge is 0.155 e. The van der Waals surface area contributed by atoms with Crippen molar-refractivity contribution in [1.82, 2.24) is 10.0 Å². The minimum absolute atomic E-state index is 0.144. The molecule has 0 saturated heterocycles. The van der Waals surface area contributed by atoms with Crippen molar-refractivity contribution < 1.29 is 4.84 Å². The van der Waals surface area contributed by atoms with Crippen molar-refractivity contribution in [2.45, 2.75) is 37.3 Å². The van der Waals surface area contributed by atoms with Crippen LogP contribution in [-0.4, -0.2) is 14.3 Å². The van der Waals surface area contributed by atoms with Crippen LogP contribution in [0, 0.1) is 0 Å². The largest absolute Gasteiger partial charge is 0.382 e. The van der Waals surface area contributed by atoms with Crippen LogP contribution in [0.5, 0.6) is 5.75 Å². The second-order valence-corrected chi connectivity index (χ2v) is 8.62. The highest BCUT2D eigenvalue weighted by atomic mass is 32.2. The normalized spacial score (nSPS) is 11.3. The highest BCUT2D eigenvalue weighted by Gasteiger charge is 2.17. The summed E-state index contributed by atoms with van der Waals surface area (Å²) >= 11 is 6.83. The maximum atomic E-state index is 5.52. The average molecular weight is 335 g/mol. The van der Waals surface area contributed by atoms with Crippen LogP contribution >= 0.6 is 24.0 Å². The van der Waals surface area contributed by atoms with Gasteiger partial charge in [-0.05, 0) is 37.3 Å². The molecule has 22 heavy (non-hydrogen) atoms. The first-order chi connectivity index (χ1) is 10.3. The lowest BCUT2D eigenvalue weighted by molar-refractivity contribution is 0.264. The van der Waals surface area contributed by atoms with Crippen LogP contribution in [0.1, 0.15) is 27.7 Å². The van der Waals surface area contributed by atoms with Crippen LogP contribution in [-0.2, 0) is 7.05 Å². The van der Waals surface area contributed by atoms with Gasteiger partial charge in [0.2, 0.25) is 0 Å². The van der Waals surface area contributed by atoms with Crippen molar-refractivity contribution in [3.8, 4) is 17.0 Å². The van der Waals surface area contributed by atoms with Gasteiger partial charge in [0, 0.05) is 34.1 Å². The fourth-order valence-electron chi connectivity index (χ4n) is 2.06. The van der Waals surface area contributed by atoms with E-state index in [0.717, 1.165) is 17.0 Å². The standard InChI is InChI=1S/C17H22N2OS2/c1-12(21)18-20-13-8-9-16(22-17(2,3)4)14(11-13)15-7-6-10-19(15)5/h6-11H,1-5H3,(H,18,21). The van der Waals surface area contributed by atoms with Crippen LogP contribution in [0.25, 0.3) is 11.3 Å². The van der Waals surface area contributed by atoms with Crippen molar-refractivity contribution in [3.05, 3.63) is 36.5 Å². The summed E-state index contributed by atoms with van der Waals surface area (Å²) in [5, 5.41) is 0. The van der Waals surface area contributed by atoms with Gasteiger partial charge in [0.15, 0.2) is 5.75 Å². The van der Waals surface area contributed by atoms with Gasteiger partial charge in [0.05, 0.1) is 0 Å². The first-order valence-electron chi connectivity index (χ1n) is 7.14. The lowest BCUT2D eigenvalue weighted by Gasteiger charge is -2.21. The van der Waals surface area contributed by atoms with E-state index in [-0.39, 0.29) is 4.75 Å². The van der Waals surface area contributed by atoms with E-state index in [4.69, 9.17) is 17.1 Å². The third-order valence-electron chi connectivity index (χ3n) is 2.90. The Bertz CT molecular complexity index is 672. The number of thiocarbonyl (C=S) groups is 1. The molecule has 118 valence electrons. The topological polar surface area (TPSA) is 26.2 Å². The van der Waals surface area contributed by atoms with Crippen molar-refractivity contribution in [2.75, 3.05) is 0 Å². The van der Waals surface area contributed by atoms with E-state index in [9.17, 15) is 0 Å². The van der Waals surface area contributed by atoms with Gasteiger partial charge in [0.1, 0.15) is 4.99 Å². The van der Waals surface area contributed by atoms with Gasteiger partial charge >= 0.3 is 0 Å². The minimum atomic E-state index is 0.144. The number of rotatable bonds is 4. The Morgan fingerprint density at radius 2 is 2.00 bits per heavy atom. The lowest BCUT2D eigenvalue weighted by Crippen LogP contribution is -2.22. The monoisotopic (exact) mass is 334 g/mol. The summed E-state index contributed by atoms with van der Waals surface area (Å²) in [6.45, 7) is 8.44. The number of aryl methyl sites for hydroxylation is 1. The third kappa shape index (κ3) is 4.52. The molecule has 0 aliphatic heterocycles. The Hall–Kier alpha value is -1.46. The van der Waals surface area contributed by atoms with E-state index in [0.29, 0.717) is 4.99 Å². The molecule has 0 radical (unpaired) electrons. The van der Waals surface area contributed by atoms with Crippen LogP contribution < -0.4 is 10.3 Å². The van der Waals surface area contributed by atoms with Gasteiger partial charge in [-0.2, -0.15) is 0 Å². The predicted molar refractivity (Wildman–Crippen MR) is 98.5 cm³/mol. The molecule has 3 nitrogen and oxygen atoms in total. The third-order valence-corrected chi connectivity index (χ3v) is 4.17. The first kappa shape index (κ1) is 16.9. The molecule has 0 spiro atoms. The number of benzene rings is 1. The second-order valence-electron chi connectivity index (χ2n) is 6.14. The SMILES string of the molecule is CC(=S)NOc1ccc(SC(C)(C)C)c(-c2cccn2C)c1. The number of aromatic nitrogens is 1. The molecule has 0 amide bonds. The molecule has 0 aliphatic rings. The molecule has 0 unspecified atom stereocenters. The Balaban J connectivity index is 2.42. The van der Waals surface area contributed by atoms with Crippen molar-refractivity contribution >= 4 is 29.0 Å². The van der Waals surface area contributed by atoms with E-state index < -0.39 is 0 Å². The van der Waals surface area contributed by atoms with Gasteiger partial charge in [-0.15, -0.1) is 11.8 Å². The van der Waals surface area contributed by atoms with Crippen molar-refractivity contribution in [2.24, 2.45) is 7.05 Å². The molecule has 1 heterocycles. The molecule has 0 aliphatic carbocycles. The Kier molecular flexibility index (Phi) is 5.19. The Labute approximate surface area is 142 Å². The van der Waals surface area contributed by atoms with Crippen LogP contribution in [0.15, 0.2) is 41.4 Å². The van der Waals surface area contributed by atoms with Crippen LogP contribution in [0.4, 0.5) is 0 Å². The zero-order chi connectivity index (χ0) is 16.3. The maximum absolute atomic E-state index is 5.52. The number of thioether (sulfide) groups is 1. The Morgan fingerprint density at radius 3 is 2.55 bits per heavy atom. The van der Waals surface area contributed by atoms with Crippen molar-refractivity contribution in [1.29, 1.82) is 0 Å². The number of hydrogen-bond acceptors (Lipinski definition) is 3. The van der Waals surface area contributed by atoms with Gasteiger partial charge in [-0.3, -0.25) is 0 Å². The van der Waals surface area contributed by atoms with Gasteiger partial charge < -0.3 is 9.40 Å². The maximum Gasteiger partial charge on any atom is 0.155 e. The molecule has 2 rings (SSSR count). The second kappa shape index (κ2) is 6.75. The molecule has 1 aromatic heterocycles. The molecule has 5 heteroatoms. The van der Waals surface area contributed by atoms with Gasteiger partial charge in [-0.1, -0.05) is 33.0 Å². The van der Waals surface area contributed by atoms with Gasteiger partial charge in [-0.25, -0.2) is 5.48 Å². The number of nitrogens with one attached hydrogen (secondary N) is 1. The molecule has 0 saturated carbocycles. The first-order valence-corrected chi connectivity index (χ1v) is 8.37. The molecule has 0 bridgehead atoms. The molecule has 0 atom stereocenters. The summed E-state index contributed by atoms with van der Waals surface area (Å²) in [5.74, 6) is 0.749. The fourth-order valence-corrected chi connectivity index (χ4v) is 3.17. The number of nitrogens with zero attached hydrogens (tertiary/aromatic N) is 1. The molecule has 1 N–H and O–H groups in total. The highest BCUT2D eigenvalue weighted by molar-refractivity contribution is 8.00. The van der Waals surface area contributed by atoms with E-state index >= 15 is 0 Å². The van der Waals surface area contributed by atoms with Crippen molar-refractivity contribution in [3.63, 3.8) is 0 Å². The Morgan fingerprint density at radius 1 is 1.27 bits per heavy atom. The van der Waals surface area contributed by atoms with Crippen LogP contribution in [0.2, 0.25) is 0 Å². The quantitative estimate of drug-likeness (QED) is 0.493. The van der Waals surface area contributed by atoms with E-state index in [1.54, 1.807) is 6.92 Å². The summed E-state index contributed by atoms with van der Waals surface area (Å²) < 4.78 is 2.26. The average Bonchev–Trinajstić information content (AvgIpc) is 2.82. The molecule has 2 aromatic rings. The van der Waals surface area contributed by atoms with E-state index in [1.165, 1.54) is 4.90 Å². The zero-order valence-electron chi connectivity index (χ0n) is 13.6. The summed E-state index contributed by atoms with van der Waals surface area (Å²) in [6.07, 6.45) is 2.05. The summed E-state index contributed by atoms with van der Waals surface area (Å²) in [6, 6.07) is 10.3. The zero-order valence-corrected chi connectivity index (χ0v) is 15.3. The summed E-state index contributed by atoms with van der Waals surface area (Å²) in [7, 11) is 2.05. The van der Waals surface area contributed by atoms with Crippen LogP contribution in [0.3, 0.4) is 0 Å².